The lowest BCUT2D eigenvalue weighted by Gasteiger charge is -2.11. The zero-order valence-electron chi connectivity index (χ0n) is 10.1. The highest BCUT2D eigenvalue weighted by molar-refractivity contribution is 6.18. The average molecular weight is 222 g/mol. The van der Waals surface area contributed by atoms with Gasteiger partial charge in [-0.25, -0.2) is 4.79 Å². The Morgan fingerprint density at radius 1 is 1.25 bits per heavy atom. The molecule has 0 amide bonds. The molecule has 0 unspecified atom stereocenters. The van der Waals surface area contributed by atoms with E-state index in [1.54, 1.807) is 20.8 Å². The standard InChI is InChI=1S/C13H18O3/c1-6-10(7-2)12(11(14)8-3)13(15)16-9(4)5/h6-7,9H,1-2,8H2,3-5H3. The molecule has 0 atom stereocenters. The molecule has 0 bridgehead atoms. The molecule has 88 valence electrons. The molecule has 3 heteroatoms. The fraction of sp³-hybridized carbons (Fsp3) is 0.385. The van der Waals surface area contributed by atoms with Gasteiger partial charge in [-0.3, -0.25) is 4.79 Å². The lowest BCUT2D eigenvalue weighted by molar-refractivity contribution is -0.143. The first-order chi connectivity index (χ1) is 7.47. The van der Waals surface area contributed by atoms with Gasteiger partial charge >= 0.3 is 5.97 Å². The maximum Gasteiger partial charge on any atom is 0.342 e. The van der Waals surface area contributed by atoms with Gasteiger partial charge in [0.2, 0.25) is 0 Å². The van der Waals surface area contributed by atoms with Crippen LogP contribution in [0.3, 0.4) is 0 Å². The van der Waals surface area contributed by atoms with Gasteiger partial charge in [-0.05, 0) is 19.4 Å². The van der Waals surface area contributed by atoms with E-state index in [0.717, 1.165) is 0 Å². The number of ketones is 1. The third kappa shape index (κ3) is 3.85. The fourth-order valence-electron chi connectivity index (χ4n) is 1.13. The minimum atomic E-state index is -0.614. The van der Waals surface area contributed by atoms with E-state index < -0.39 is 5.97 Å². The van der Waals surface area contributed by atoms with Crippen molar-refractivity contribution in [3.05, 3.63) is 36.5 Å². The summed E-state index contributed by atoms with van der Waals surface area (Å²) in [6.45, 7) is 12.2. The summed E-state index contributed by atoms with van der Waals surface area (Å²) in [5, 5.41) is 0. The lowest BCUT2D eigenvalue weighted by atomic mass is 10.0. The van der Waals surface area contributed by atoms with Gasteiger partial charge in [-0.1, -0.05) is 32.2 Å². The van der Waals surface area contributed by atoms with Crippen molar-refractivity contribution in [2.45, 2.75) is 33.3 Å². The van der Waals surface area contributed by atoms with Crippen LogP contribution >= 0.6 is 0 Å². The maximum atomic E-state index is 11.7. The Labute approximate surface area is 96.5 Å². The second kappa shape index (κ2) is 6.77. The molecule has 0 aliphatic heterocycles. The Bertz CT molecular complexity index is 325. The average Bonchev–Trinajstić information content (AvgIpc) is 2.23. The predicted molar refractivity (Wildman–Crippen MR) is 63.9 cm³/mol. The second-order valence-corrected chi connectivity index (χ2v) is 3.47. The zero-order chi connectivity index (χ0) is 12.7. The van der Waals surface area contributed by atoms with E-state index in [1.807, 2.05) is 0 Å². The monoisotopic (exact) mass is 222 g/mol. The molecule has 0 aromatic rings. The minimum Gasteiger partial charge on any atom is -0.459 e. The Morgan fingerprint density at radius 3 is 2.06 bits per heavy atom. The van der Waals surface area contributed by atoms with Crippen LogP contribution in [0.15, 0.2) is 36.5 Å². The van der Waals surface area contributed by atoms with Crippen molar-refractivity contribution >= 4 is 11.8 Å². The van der Waals surface area contributed by atoms with E-state index in [0.29, 0.717) is 5.57 Å². The van der Waals surface area contributed by atoms with Crippen LogP contribution in [-0.4, -0.2) is 17.9 Å². The molecular formula is C13H18O3. The van der Waals surface area contributed by atoms with E-state index in [2.05, 4.69) is 13.2 Å². The smallest absolute Gasteiger partial charge is 0.342 e. The second-order valence-electron chi connectivity index (χ2n) is 3.47. The zero-order valence-corrected chi connectivity index (χ0v) is 10.1. The maximum absolute atomic E-state index is 11.7. The quantitative estimate of drug-likeness (QED) is 0.228. The van der Waals surface area contributed by atoms with Gasteiger partial charge < -0.3 is 4.74 Å². The summed E-state index contributed by atoms with van der Waals surface area (Å²) in [5.74, 6) is -0.878. The summed E-state index contributed by atoms with van der Waals surface area (Å²) < 4.78 is 5.01. The third-order valence-electron chi connectivity index (χ3n) is 1.88. The first kappa shape index (κ1) is 14.4. The molecule has 0 aliphatic carbocycles. The topological polar surface area (TPSA) is 43.4 Å². The molecule has 0 fully saturated rings. The van der Waals surface area contributed by atoms with Crippen LogP contribution < -0.4 is 0 Å². The number of carbonyl (C=O) groups is 2. The van der Waals surface area contributed by atoms with Crippen LogP contribution in [0, 0.1) is 0 Å². The Morgan fingerprint density at radius 2 is 1.75 bits per heavy atom. The fourth-order valence-corrected chi connectivity index (χ4v) is 1.13. The molecule has 0 aliphatic rings. The van der Waals surface area contributed by atoms with Crippen molar-refractivity contribution in [2.24, 2.45) is 0 Å². The van der Waals surface area contributed by atoms with E-state index in [4.69, 9.17) is 4.74 Å². The molecule has 0 spiro atoms. The highest BCUT2D eigenvalue weighted by atomic mass is 16.5. The number of Topliss-reactive ketones (excluding diaryl/α,β-unsaturated/α-hetero) is 1. The number of carbonyl (C=O) groups excluding carboxylic acids is 2. The van der Waals surface area contributed by atoms with Crippen LogP contribution in [0.4, 0.5) is 0 Å². The number of hydrogen-bond donors (Lipinski definition) is 0. The Hall–Kier alpha value is -1.64. The largest absolute Gasteiger partial charge is 0.459 e. The summed E-state index contributed by atoms with van der Waals surface area (Å²) in [6, 6.07) is 0. The molecule has 0 radical (unpaired) electrons. The van der Waals surface area contributed by atoms with Gasteiger partial charge in [0.1, 0.15) is 5.57 Å². The summed E-state index contributed by atoms with van der Waals surface area (Å²) in [7, 11) is 0. The summed E-state index contributed by atoms with van der Waals surface area (Å²) in [6.07, 6.45) is 2.84. The number of esters is 1. The molecular weight excluding hydrogens is 204 g/mol. The van der Waals surface area contributed by atoms with Crippen LogP contribution in [-0.2, 0) is 14.3 Å². The van der Waals surface area contributed by atoms with Crippen molar-refractivity contribution in [3.63, 3.8) is 0 Å². The van der Waals surface area contributed by atoms with Crippen molar-refractivity contribution in [2.75, 3.05) is 0 Å². The summed E-state index contributed by atoms with van der Waals surface area (Å²) >= 11 is 0. The van der Waals surface area contributed by atoms with Crippen LogP contribution in [0.1, 0.15) is 27.2 Å². The van der Waals surface area contributed by atoms with Crippen molar-refractivity contribution in [3.8, 4) is 0 Å². The van der Waals surface area contributed by atoms with Gasteiger partial charge in [0, 0.05) is 6.42 Å². The number of hydrogen-bond acceptors (Lipinski definition) is 3. The van der Waals surface area contributed by atoms with E-state index in [9.17, 15) is 9.59 Å². The van der Waals surface area contributed by atoms with Gasteiger partial charge in [0.05, 0.1) is 6.10 Å². The van der Waals surface area contributed by atoms with E-state index >= 15 is 0 Å². The molecule has 0 heterocycles. The highest BCUT2D eigenvalue weighted by Gasteiger charge is 2.21. The van der Waals surface area contributed by atoms with E-state index in [1.165, 1.54) is 12.2 Å². The Kier molecular flexibility index (Phi) is 6.08. The number of ether oxygens (including phenoxy) is 1. The van der Waals surface area contributed by atoms with Crippen LogP contribution in [0.5, 0.6) is 0 Å². The van der Waals surface area contributed by atoms with Gasteiger partial charge in [0.15, 0.2) is 5.78 Å². The molecule has 0 rings (SSSR count). The molecule has 3 nitrogen and oxygen atoms in total. The molecule has 0 N–H and O–H groups in total. The van der Waals surface area contributed by atoms with Crippen LogP contribution in [0.2, 0.25) is 0 Å². The first-order valence-electron chi connectivity index (χ1n) is 5.21. The molecule has 0 aromatic carbocycles. The lowest BCUT2D eigenvalue weighted by Crippen LogP contribution is -2.20. The van der Waals surface area contributed by atoms with Crippen LogP contribution in [0.25, 0.3) is 0 Å². The van der Waals surface area contributed by atoms with Crippen molar-refractivity contribution in [1.82, 2.24) is 0 Å². The number of rotatable bonds is 6. The third-order valence-corrected chi connectivity index (χ3v) is 1.88. The molecule has 0 saturated heterocycles. The van der Waals surface area contributed by atoms with Gasteiger partial charge in [-0.15, -0.1) is 0 Å². The highest BCUT2D eigenvalue weighted by Crippen LogP contribution is 2.13. The SMILES string of the molecule is C=CC(C=C)=C(C(=O)CC)C(=O)OC(C)C. The summed E-state index contributed by atoms with van der Waals surface area (Å²) in [5.41, 5.74) is 0.443. The van der Waals surface area contributed by atoms with Crippen molar-refractivity contribution < 1.29 is 14.3 Å². The van der Waals surface area contributed by atoms with Gasteiger partial charge in [-0.2, -0.15) is 0 Å². The molecule has 0 aromatic heterocycles. The predicted octanol–water partition coefficient (Wildman–Crippen LogP) is 2.59. The van der Waals surface area contributed by atoms with Gasteiger partial charge in [0.25, 0.3) is 0 Å². The summed E-state index contributed by atoms with van der Waals surface area (Å²) in [4.78, 5) is 23.4. The normalized spacial score (nSPS) is 9.50. The molecule has 16 heavy (non-hydrogen) atoms. The Balaban J connectivity index is 5.33. The molecule has 0 saturated carbocycles. The van der Waals surface area contributed by atoms with E-state index in [-0.39, 0.29) is 23.9 Å². The number of allylic oxidation sites excluding steroid dienone is 3. The first-order valence-corrected chi connectivity index (χ1v) is 5.21. The minimum absolute atomic E-state index is 0.0289. The van der Waals surface area contributed by atoms with Crippen molar-refractivity contribution in [1.29, 1.82) is 0 Å².